The fourth-order valence-electron chi connectivity index (χ4n) is 2.46. The molecule has 6 nitrogen and oxygen atoms in total. The third kappa shape index (κ3) is 3.73. The van der Waals surface area contributed by atoms with Crippen LogP contribution in [0, 0.1) is 6.92 Å². The second-order valence-corrected chi connectivity index (χ2v) is 6.16. The first-order valence-electron chi connectivity index (χ1n) is 6.96. The summed E-state index contributed by atoms with van der Waals surface area (Å²) in [5, 5.41) is 16.9. The van der Waals surface area contributed by atoms with Crippen LogP contribution in [0.3, 0.4) is 0 Å². The second-order valence-electron chi connectivity index (χ2n) is 5.18. The zero-order valence-corrected chi connectivity index (χ0v) is 12.8. The van der Waals surface area contributed by atoms with Gasteiger partial charge >= 0.3 is 0 Å². The van der Waals surface area contributed by atoms with E-state index in [0.29, 0.717) is 25.4 Å². The van der Waals surface area contributed by atoms with Crippen molar-refractivity contribution in [3.8, 4) is 0 Å². The summed E-state index contributed by atoms with van der Waals surface area (Å²) in [6.45, 7) is 3.23. The molecule has 1 saturated heterocycles. The van der Waals surface area contributed by atoms with E-state index >= 15 is 0 Å². The standard InChI is InChI=1S/C13H22N4O2S/c1-9-14-12(16-15-9)10-3-6-17(7-4-10)13(19)11(18)5-8-20-2/h10-11,18H,3-8H2,1-2H3,(H,14,15,16)/t11-/m0/s1. The number of aromatic nitrogens is 3. The summed E-state index contributed by atoms with van der Waals surface area (Å²) in [5.41, 5.74) is 0. The summed E-state index contributed by atoms with van der Waals surface area (Å²) in [6.07, 6.45) is 3.36. The molecule has 0 spiro atoms. The van der Waals surface area contributed by atoms with Crippen molar-refractivity contribution in [3.63, 3.8) is 0 Å². The number of likely N-dealkylation sites (tertiary alicyclic amines) is 1. The van der Waals surface area contributed by atoms with Crippen LogP contribution in [0.25, 0.3) is 0 Å². The van der Waals surface area contributed by atoms with Crippen molar-refractivity contribution in [3.05, 3.63) is 11.6 Å². The number of hydrogen-bond donors (Lipinski definition) is 2. The maximum atomic E-state index is 12.1. The number of carbonyl (C=O) groups is 1. The lowest BCUT2D eigenvalue weighted by Crippen LogP contribution is -2.43. The lowest BCUT2D eigenvalue weighted by Gasteiger charge is -2.32. The molecule has 2 N–H and O–H groups in total. The monoisotopic (exact) mass is 298 g/mol. The molecule has 1 fully saturated rings. The Morgan fingerprint density at radius 3 is 2.80 bits per heavy atom. The molecule has 0 bridgehead atoms. The minimum atomic E-state index is -0.857. The zero-order valence-electron chi connectivity index (χ0n) is 12.0. The number of rotatable bonds is 5. The van der Waals surface area contributed by atoms with E-state index in [1.54, 1.807) is 16.7 Å². The van der Waals surface area contributed by atoms with Gasteiger partial charge in [-0.05, 0) is 38.2 Å². The lowest BCUT2D eigenvalue weighted by atomic mass is 9.95. The Morgan fingerprint density at radius 1 is 1.55 bits per heavy atom. The highest BCUT2D eigenvalue weighted by Gasteiger charge is 2.28. The molecule has 0 radical (unpaired) electrons. The minimum absolute atomic E-state index is 0.135. The highest BCUT2D eigenvalue weighted by Crippen LogP contribution is 2.25. The van der Waals surface area contributed by atoms with Crippen LogP contribution in [0.2, 0.25) is 0 Å². The van der Waals surface area contributed by atoms with Gasteiger partial charge in [0.25, 0.3) is 5.91 Å². The molecule has 0 aromatic carbocycles. The number of aliphatic hydroxyl groups is 1. The average molecular weight is 298 g/mol. The van der Waals surface area contributed by atoms with E-state index in [1.165, 1.54) is 0 Å². The number of piperidine rings is 1. The Kier molecular flexibility index (Phi) is 5.42. The molecule has 0 saturated carbocycles. The summed E-state index contributed by atoms with van der Waals surface area (Å²) in [7, 11) is 0. The third-order valence-corrected chi connectivity index (χ3v) is 4.31. The van der Waals surface area contributed by atoms with Crippen LogP contribution in [0.4, 0.5) is 0 Å². The van der Waals surface area contributed by atoms with Crippen molar-refractivity contribution in [2.24, 2.45) is 0 Å². The lowest BCUT2D eigenvalue weighted by molar-refractivity contribution is -0.141. The van der Waals surface area contributed by atoms with Crippen LogP contribution < -0.4 is 0 Å². The Bertz CT molecular complexity index is 443. The van der Waals surface area contributed by atoms with Crippen molar-refractivity contribution < 1.29 is 9.90 Å². The smallest absolute Gasteiger partial charge is 0.251 e. The molecule has 112 valence electrons. The van der Waals surface area contributed by atoms with Crippen LogP contribution in [0.15, 0.2) is 0 Å². The molecule has 1 aliphatic rings. The van der Waals surface area contributed by atoms with Crippen LogP contribution in [0.5, 0.6) is 0 Å². The number of carbonyl (C=O) groups excluding carboxylic acids is 1. The van der Waals surface area contributed by atoms with E-state index in [2.05, 4.69) is 15.2 Å². The van der Waals surface area contributed by atoms with Gasteiger partial charge < -0.3 is 10.0 Å². The number of aryl methyl sites for hydroxylation is 1. The number of aromatic amines is 1. The number of aliphatic hydroxyl groups excluding tert-OH is 1. The van der Waals surface area contributed by atoms with Gasteiger partial charge in [0, 0.05) is 19.0 Å². The van der Waals surface area contributed by atoms with Crippen LogP contribution in [0.1, 0.15) is 36.8 Å². The summed E-state index contributed by atoms with van der Waals surface area (Å²) in [4.78, 5) is 18.2. The predicted molar refractivity (Wildman–Crippen MR) is 78.7 cm³/mol. The number of nitrogens with zero attached hydrogens (tertiary/aromatic N) is 3. The topological polar surface area (TPSA) is 82.1 Å². The van der Waals surface area contributed by atoms with Gasteiger partial charge in [0.1, 0.15) is 11.9 Å². The number of thioether (sulfide) groups is 1. The molecule has 2 heterocycles. The Balaban J connectivity index is 1.83. The Labute approximate surface area is 123 Å². The summed E-state index contributed by atoms with van der Waals surface area (Å²) in [5.74, 6) is 2.65. The Morgan fingerprint density at radius 2 is 2.25 bits per heavy atom. The van der Waals surface area contributed by atoms with Gasteiger partial charge in [-0.25, -0.2) is 4.98 Å². The maximum Gasteiger partial charge on any atom is 0.251 e. The van der Waals surface area contributed by atoms with Gasteiger partial charge in [0.2, 0.25) is 0 Å². The number of amides is 1. The highest BCUT2D eigenvalue weighted by atomic mass is 32.2. The first-order valence-corrected chi connectivity index (χ1v) is 8.36. The van der Waals surface area contributed by atoms with Crippen LogP contribution >= 0.6 is 11.8 Å². The molecule has 0 unspecified atom stereocenters. The van der Waals surface area contributed by atoms with Crippen molar-refractivity contribution >= 4 is 17.7 Å². The van der Waals surface area contributed by atoms with Gasteiger partial charge in [-0.3, -0.25) is 9.89 Å². The third-order valence-electron chi connectivity index (χ3n) is 3.67. The quantitative estimate of drug-likeness (QED) is 0.845. The number of H-pyrrole nitrogens is 1. The van der Waals surface area contributed by atoms with Crippen molar-refractivity contribution in [2.45, 2.75) is 38.2 Å². The summed E-state index contributed by atoms with van der Waals surface area (Å²) in [6, 6.07) is 0. The van der Waals surface area contributed by atoms with E-state index in [0.717, 1.165) is 30.2 Å². The highest BCUT2D eigenvalue weighted by molar-refractivity contribution is 7.98. The molecule has 1 aromatic heterocycles. The van der Waals surface area contributed by atoms with E-state index in [-0.39, 0.29) is 5.91 Å². The van der Waals surface area contributed by atoms with Gasteiger partial charge in [0.15, 0.2) is 5.82 Å². The molecular weight excluding hydrogens is 276 g/mol. The van der Waals surface area contributed by atoms with E-state index in [9.17, 15) is 9.90 Å². The molecule has 1 aliphatic heterocycles. The maximum absolute atomic E-state index is 12.1. The molecule has 1 aromatic rings. The SMILES string of the molecule is CSCC[C@H](O)C(=O)N1CCC(c2n[nH]c(C)n2)CC1. The first kappa shape index (κ1) is 15.3. The predicted octanol–water partition coefficient (Wildman–Crippen LogP) is 0.933. The fraction of sp³-hybridized carbons (Fsp3) is 0.769. The largest absolute Gasteiger partial charge is 0.383 e. The van der Waals surface area contributed by atoms with Gasteiger partial charge in [-0.2, -0.15) is 16.9 Å². The van der Waals surface area contributed by atoms with Gasteiger partial charge in [-0.15, -0.1) is 0 Å². The molecule has 1 amide bonds. The molecular formula is C13H22N4O2S. The molecule has 1 atom stereocenters. The van der Waals surface area contributed by atoms with Gasteiger partial charge in [0.05, 0.1) is 0 Å². The Hall–Kier alpha value is -1.08. The van der Waals surface area contributed by atoms with Crippen LogP contribution in [-0.2, 0) is 4.79 Å². The molecule has 2 rings (SSSR count). The second kappa shape index (κ2) is 7.08. The van der Waals surface area contributed by atoms with E-state index < -0.39 is 6.10 Å². The molecule has 7 heteroatoms. The van der Waals surface area contributed by atoms with Crippen molar-refractivity contribution in [1.82, 2.24) is 20.1 Å². The molecule has 20 heavy (non-hydrogen) atoms. The average Bonchev–Trinajstić information content (AvgIpc) is 2.90. The van der Waals surface area contributed by atoms with E-state index in [1.807, 2.05) is 13.2 Å². The zero-order chi connectivity index (χ0) is 14.5. The first-order chi connectivity index (χ1) is 9.61. The number of nitrogens with one attached hydrogen (secondary N) is 1. The normalized spacial score (nSPS) is 18.2. The summed E-state index contributed by atoms with van der Waals surface area (Å²) < 4.78 is 0. The summed E-state index contributed by atoms with van der Waals surface area (Å²) >= 11 is 1.64. The molecule has 0 aliphatic carbocycles. The number of hydrogen-bond acceptors (Lipinski definition) is 5. The minimum Gasteiger partial charge on any atom is -0.383 e. The van der Waals surface area contributed by atoms with Crippen molar-refractivity contribution in [2.75, 3.05) is 25.1 Å². The van der Waals surface area contributed by atoms with E-state index in [4.69, 9.17) is 0 Å². The van der Waals surface area contributed by atoms with Crippen molar-refractivity contribution in [1.29, 1.82) is 0 Å². The van der Waals surface area contributed by atoms with Gasteiger partial charge in [-0.1, -0.05) is 0 Å². The fourth-order valence-corrected chi connectivity index (χ4v) is 2.92. The van der Waals surface area contributed by atoms with Crippen LogP contribution in [-0.4, -0.2) is 62.3 Å².